The Kier molecular flexibility index (Phi) is 7.73. The van der Waals surface area contributed by atoms with Crippen LogP contribution in [-0.4, -0.2) is 134 Å². The normalized spacial score (nSPS) is 26.7. The minimum Gasteiger partial charge on any atom is -0.469 e. The lowest BCUT2D eigenvalue weighted by Gasteiger charge is -2.39. The van der Waals surface area contributed by atoms with Gasteiger partial charge in [0.2, 0.25) is 0 Å². The smallest absolute Gasteiger partial charge is 0.411 e. The van der Waals surface area contributed by atoms with Crippen LogP contribution in [0.15, 0.2) is 0 Å². The minimum atomic E-state index is -0.264. The van der Waals surface area contributed by atoms with Gasteiger partial charge < -0.3 is 29.9 Å². The summed E-state index contributed by atoms with van der Waals surface area (Å²) in [4.78, 5) is 34.0. The molecule has 0 aliphatic carbocycles. The summed E-state index contributed by atoms with van der Waals surface area (Å²) in [5.74, 6) is -0.0528. The van der Waals surface area contributed by atoms with Gasteiger partial charge in [-0.15, -0.1) is 0 Å². The molecule has 3 aliphatic heterocycles. The van der Waals surface area contributed by atoms with E-state index < -0.39 is 0 Å². The number of piperazine rings is 2. The van der Waals surface area contributed by atoms with E-state index in [9.17, 15) is 9.59 Å². The van der Waals surface area contributed by atoms with E-state index in [4.69, 9.17) is 20.6 Å². The van der Waals surface area contributed by atoms with Gasteiger partial charge in [-0.2, -0.15) is 0 Å². The average molecular weight is 426 g/mol. The van der Waals surface area contributed by atoms with Crippen LogP contribution in [0.3, 0.4) is 0 Å². The molecule has 3 rings (SSSR count). The number of esters is 1. The molecule has 2 unspecified atom stereocenters. The second kappa shape index (κ2) is 10.3. The Balaban J connectivity index is 1.47. The standard InChI is InChI=1S/C19H35N7O4/c1-22-15(3-5-23-9-13-26(14-10-23)18(20)21)17(30-19(22)28)25-11-7-24(8-12-25)6-4-16(27)29-2/h15,17H,3-14H2,1-2H3,(H3,20,21). The maximum atomic E-state index is 12.2. The van der Waals surface area contributed by atoms with Crippen molar-refractivity contribution in [1.29, 1.82) is 5.41 Å². The van der Waals surface area contributed by atoms with Crippen molar-refractivity contribution in [2.75, 3.05) is 79.6 Å². The number of nitrogens with zero attached hydrogens (tertiary/aromatic N) is 5. The van der Waals surface area contributed by atoms with Crippen molar-refractivity contribution in [3.63, 3.8) is 0 Å². The number of hydrogen-bond acceptors (Lipinski definition) is 8. The van der Waals surface area contributed by atoms with Crippen LogP contribution < -0.4 is 5.73 Å². The molecule has 0 aromatic rings. The molecule has 0 spiro atoms. The lowest BCUT2D eigenvalue weighted by molar-refractivity contribution is -0.141. The predicted molar refractivity (Wildman–Crippen MR) is 111 cm³/mol. The second-order valence-corrected chi connectivity index (χ2v) is 8.16. The largest absolute Gasteiger partial charge is 0.469 e. The first-order chi connectivity index (χ1) is 14.4. The van der Waals surface area contributed by atoms with Gasteiger partial charge in [0.1, 0.15) is 0 Å². The van der Waals surface area contributed by atoms with Crippen molar-refractivity contribution in [2.24, 2.45) is 5.73 Å². The molecule has 3 fully saturated rings. The zero-order valence-corrected chi connectivity index (χ0v) is 18.1. The summed E-state index contributed by atoms with van der Waals surface area (Å²) in [6.45, 7) is 8.14. The van der Waals surface area contributed by atoms with Gasteiger partial charge in [-0.1, -0.05) is 0 Å². The van der Waals surface area contributed by atoms with Gasteiger partial charge in [0.15, 0.2) is 12.2 Å². The van der Waals surface area contributed by atoms with E-state index in [1.54, 1.807) is 4.90 Å². The molecule has 3 aliphatic rings. The molecule has 3 heterocycles. The van der Waals surface area contributed by atoms with Gasteiger partial charge in [0, 0.05) is 72.5 Å². The number of amides is 1. The molecule has 0 bridgehead atoms. The number of guanidine groups is 1. The SMILES string of the molecule is COC(=O)CCN1CCN(C2OC(=O)N(C)C2CCN2CCN(C(=N)N)CC2)CC1. The molecule has 11 heteroatoms. The van der Waals surface area contributed by atoms with Crippen LogP contribution in [0.5, 0.6) is 0 Å². The van der Waals surface area contributed by atoms with Crippen LogP contribution in [0, 0.1) is 5.41 Å². The Hall–Kier alpha value is -2.11. The molecule has 30 heavy (non-hydrogen) atoms. The van der Waals surface area contributed by atoms with Crippen LogP contribution in [0.1, 0.15) is 12.8 Å². The van der Waals surface area contributed by atoms with Crippen molar-refractivity contribution in [3.8, 4) is 0 Å². The number of likely N-dealkylation sites (N-methyl/N-ethyl adjacent to an activating group) is 1. The van der Waals surface area contributed by atoms with Crippen molar-refractivity contribution in [2.45, 2.75) is 25.1 Å². The molecule has 0 radical (unpaired) electrons. The Morgan fingerprint density at radius 3 is 2.30 bits per heavy atom. The Morgan fingerprint density at radius 2 is 1.70 bits per heavy atom. The van der Waals surface area contributed by atoms with E-state index in [1.165, 1.54) is 7.11 Å². The molecule has 1 amide bonds. The van der Waals surface area contributed by atoms with Crippen LogP contribution in [0.2, 0.25) is 0 Å². The van der Waals surface area contributed by atoms with E-state index in [2.05, 4.69) is 14.7 Å². The zero-order valence-electron chi connectivity index (χ0n) is 18.1. The third-order valence-corrected chi connectivity index (χ3v) is 6.42. The third-order valence-electron chi connectivity index (χ3n) is 6.42. The van der Waals surface area contributed by atoms with Gasteiger partial charge in [-0.3, -0.25) is 20.0 Å². The second-order valence-electron chi connectivity index (χ2n) is 8.16. The van der Waals surface area contributed by atoms with Crippen molar-refractivity contribution >= 4 is 18.0 Å². The maximum absolute atomic E-state index is 12.2. The highest BCUT2D eigenvalue weighted by molar-refractivity contribution is 5.74. The zero-order chi connectivity index (χ0) is 21.7. The first kappa shape index (κ1) is 22.6. The lowest BCUT2D eigenvalue weighted by Crippen LogP contribution is -2.55. The minimum absolute atomic E-state index is 0.0185. The maximum Gasteiger partial charge on any atom is 0.411 e. The molecular weight excluding hydrogens is 390 g/mol. The fourth-order valence-electron chi connectivity index (χ4n) is 4.37. The number of carbonyl (C=O) groups is 2. The summed E-state index contributed by atoms with van der Waals surface area (Å²) >= 11 is 0. The average Bonchev–Trinajstić information content (AvgIpc) is 3.04. The molecule has 170 valence electrons. The predicted octanol–water partition coefficient (Wildman–Crippen LogP) is -1.16. The number of nitrogens with two attached hydrogens (primary N) is 1. The molecule has 0 saturated carbocycles. The molecular formula is C19H35N7O4. The van der Waals surface area contributed by atoms with Crippen molar-refractivity contribution in [3.05, 3.63) is 0 Å². The summed E-state index contributed by atoms with van der Waals surface area (Å²) in [5, 5.41) is 7.55. The summed E-state index contributed by atoms with van der Waals surface area (Å²) in [6.07, 6.45) is 0.746. The van der Waals surface area contributed by atoms with Gasteiger partial charge in [0.25, 0.3) is 0 Å². The van der Waals surface area contributed by atoms with E-state index in [-0.39, 0.29) is 30.3 Å². The number of methoxy groups -OCH3 is 1. The fourth-order valence-corrected chi connectivity index (χ4v) is 4.37. The van der Waals surface area contributed by atoms with Crippen LogP contribution in [-0.2, 0) is 14.3 Å². The first-order valence-corrected chi connectivity index (χ1v) is 10.7. The van der Waals surface area contributed by atoms with E-state index in [0.29, 0.717) is 13.0 Å². The number of cyclic esters (lactones) is 1. The third kappa shape index (κ3) is 5.52. The number of nitrogens with one attached hydrogen (secondary N) is 1. The molecule has 0 aromatic carbocycles. The highest BCUT2D eigenvalue weighted by Gasteiger charge is 2.43. The Morgan fingerprint density at radius 1 is 1.10 bits per heavy atom. The van der Waals surface area contributed by atoms with Crippen LogP contribution in [0.4, 0.5) is 4.79 Å². The quantitative estimate of drug-likeness (QED) is 0.296. The molecule has 11 nitrogen and oxygen atoms in total. The first-order valence-electron chi connectivity index (χ1n) is 10.7. The number of rotatable bonds is 7. The number of carbonyl (C=O) groups excluding carboxylic acids is 2. The van der Waals surface area contributed by atoms with Crippen LogP contribution in [0.25, 0.3) is 0 Å². The van der Waals surface area contributed by atoms with Crippen molar-refractivity contribution < 1.29 is 19.1 Å². The van der Waals surface area contributed by atoms with Gasteiger partial charge in [-0.25, -0.2) is 4.79 Å². The molecule has 0 aromatic heterocycles. The van der Waals surface area contributed by atoms with Crippen molar-refractivity contribution in [1.82, 2.24) is 24.5 Å². The monoisotopic (exact) mass is 425 g/mol. The summed E-state index contributed by atoms with van der Waals surface area (Å²) in [5.41, 5.74) is 5.57. The Bertz CT molecular complexity index is 618. The van der Waals surface area contributed by atoms with Crippen LogP contribution >= 0.6 is 0 Å². The highest BCUT2D eigenvalue weighted by Crippen LogP contribution is 2.25. The number of ether oxygens (including phenoxy) is 2. The van der Waals surface area contributed by atoms with E-state index in [0.717, 1.165) is 65.3 Å². The molecule has 2 atom stereocenters. The summed E-state index contributed by atoms with van der Waals surface area (Å²) < 4.78 is 10.4. The van der Waals surface area contributed by atoms with E-state index >= 15 is 0 Å². The Labute approximate surface area is 178 Å². The highest BCUT2D eigenvalue weighted by atomic mass is 16.6. The van der Waals surface area contributed by atoms with Gasteiger partial charge >= 0.3 is 12.1 Å². The summed E-state index contributed by atoms with van der Waals surface area (Å²) in [6, 6.07) is 0.0185. The molecule has 3 N–H and O–H groups in total. The fraction of sp³-hybridized carbons (Fsp3) is 0.842. The number of hydrogen-bond donors (Lipinski definition) is 2. The molecule has 3 saturated heterocycles. The topological polar surface area (TPSA) is 119 Å². The van der Waals surface area contributed by atoms with Gasteiger partial charge in [-0.05, 0) is 6.42 Å². The lowest BCUT2D eigenvalue weighted by atomic mass is 10.1. The van der Waals surface area contributed by atoms with Gasteiger partial charge in [0.05, 0.1) is 19.6 Å². The summed E-state index contributed by atoms with van der Waals surface area (Å²) in [7, 11) is 3.22. The van der Waals surface area contributed by atoms with E-state index in [1.807, 2.05) is 11.9 Å².